The number of rotatable bonds is 11. The summed E-state index contributed by atoms with van der Waals surface area (Å²) in [4.78, 5) is 7.32. The van der Waals surface area contributed by atoms with Gasteiger partial charge in [-0.15, -0.1) is 0 Å². The van der Waals surface area contributed by atoms with Crippen LogP contribution in [0.1, 0.15) is 50.7 Å². The van der Waals surface area contributed by atoms with E-state index in [1.54, 1.807) is 0 Å². The monoisotopic (exact) mass is 430 g/mol. The highest BCUT2D eigenvalue weighted by molar-refractivity contribution is 5.79. The van der Waals surface area contributed by atoms with E-state index in [9.17, 15) is 0 Å². The number of aliphatic imine (C=N–C) groups is 1. The third-order valence-electron chi connectivity index (χ3n) is 6.20. The van der Waals surface area contributed by atoms with Crippen LogP contribution in [0.15, 0.2) is 29.3 Å². The summed E-state index contributed by atoms with van der Waals surface area (Å²) in [7, 11) is 0. The van der Waals surface area contributed by atoms with Crippen molar-refractivity contribution in [2.75, 3.05) is 52.6 Å². The fraction of sp³-hybridized carbons (Fsp3) is 0.720. The Kier molecular flexibility index (Phi) is 10.6. The molecule has 2 heterocycles. The standard InChI is InChI=1S/C25H42N4O2/c1-3-26-25(27-12-4-15-30-19-24-11-16-31-20-24)28-17-22-5-7-23(8-6-22)18-29-13-9-21(2)10-14-29/h5-8,21,24H,3-4,9-20H2,1-2H3,(H2,26,27,28). The zero-order chi connectivity index (χ0) is 21.7. The van der Waals surface area contributed by atoms with Crippen molar-refractivity contribution >= 4 is 5.96 Å². The van der Waals surface area contributed by atoms with Crippen LogP contribution in [0, 0.1) is 11.8 Å². The van der Waals surface area contributed by atoms with Gasteiger partial charge in [-0.2, -0.15) is 0 Å². The van der Waals surface area contributed by atoms with E-state index in [4.69, 9.17) is 14.5 Å². The molecule has 6 heteroatoms. The number of likely N-dealkylation sites (tertiary alicyclic amines) is 1. The minimum Gasteiger partial charge on any atom is -0.381 e. The highest BCUT2D eigenvalue weighted by Crippen LogP contribution is 2.18. The van der Waals surface area contributed by atoms with Crippen LogP contribution in [-0.4, -0.2) is 63.5 Å². The Hall–Kier alpha value is -1.63. The van der Waals surface area contributed by atoms with Crippen LogP contribution in [0.2, 0.25) is 0 Å². The maximum Gasteiger partial charge on any atom is 0.191 e. The van der Waals surface area contributed by atoms with E-state index in [-0.39, 0.29) is 0 Å². The van der Waals surface area contributed by atoms with Crippen molar-refractivity contribution < 1.29 is 9.47 Å². The Labute approximate surface area is 188 Å². The highest BCUT2D eigenvalue weighted by Gasteiger charge is 2.16. The molecule has 0 spiro atoms. The summed E-state index contributed by atoms with van der Waals surface area (Å²) < 4.78 is 11.2. The smallest absolute Gasteiger partial charge is 0.191 e. The third-order valence-corrected chi connectivity index (χ3v) is 6.20. The molecule has 31 heavy (non-hydrogen) atoms. The fourth-order valence-corrected chi connectivity index (χ4v) is 4.09. The van der Waals surface area contributed by atoms with E-state index in [2.05, 4.69) is 53.6 Å². The van der Waals surface area contributed by atoms with Gasteiger partial charge in [0.1, 0.15) is 0 Å². The first-order valence-corrected chi connectivity index (χ1v) is 12.2. The number of hydrogen-bond acceptors (Lipinski definition) is 4. The predicted molar refractivity (Wildman–Crippen MR) is 127 cm³/mol. The average molecular weight is 431 g/mol. The van der Waals surface area contributed by atoms with Gasteiger partial charge in [-0.3, -0.25) is 4.90 Å². The van der Waals surface area contributed by atoms with E-state index in [1.165, 1.54) is 37.1 Å². The van der Waals surface area contributed by atoms with Crippen LogP contribution in [-0.2, 0) is 22.6 Å². The van der Waals surface area contributed by atoms with Gasteiger partial charge in [0.25, 0.3) is 0 Å². The number of ether oxygens (including phenoxy) is 2. The largest absolute Gasteiger partial charge is 0.381 e. The summed E-state index contributed by atoms with van der Waals surface area (Å²) in [5.41, 5.74) is 2.65. The quantitative estimate of drug-likeness (QED) is 0.320. The van der Waals surface area contributed by atoms with E-state index in [0.29, 0.717) is 12.5 Å². The Morgan fingerprint density at radius 3 is 2.61 bits per heavy atom. The molecule has 0 amide bonds. The molecule has 2 aliphatic rings. The van der Waals surface area contributed by atoms with Crippen molar-refractivity contribution in [1.82, 2.24) is 15.5 Å². The summed E-state index contributed by atoms with van der Waals surface area (Å²) in [5, 5.41) is 6.75. The topological polar surface area (TPSA) is 58.1 Å². The van der Waals surface area contributed by atoms with Gasteiger partial charge in [-0.05, 0) is 62.7 Å². The summed E-state index contributed by atoms with van der Waals surface area (Å²) >= 11 is 0. The molecule has 3 rings (SSSR count). The Morgan fingerprint density at radius 2 is 1.90 bits per heavy atom. The maximum absolute atomic E-state index is 5.78. The zero-order valence-corrected chi connectivity index (χ0v) is 19.6. The van der Waals surface area contributed by atoms with E-state index in [0.717, 1.165) is 70.8 Å². The molecule has 1 aromatic rings. The van der Waals surface area contributed by atoms with Gasteiger partial charge in [0.2, 0.25) is 0 Å². The molecule has 2 saturated heterocycles. The number of hydrogen-bond donors (Lipinski definition) is 2. The first kappa shape index (κ1) is 24.0. The molecule has 6 nitrogen and oxygen atoms in total. The molecule has 2 fully saturated rings. The third kappa shape index (κ3) is 9.17. The lowest BCUT2D eigenvalue weighted by atomic mass is 9.99. The Morgan fingerprint density at radius 1 is 1.13 bits per heavy atom. The molecule has 1 unspecified atom stereocenters. The fourth-order valence-electron chi connectivity index (χ4n) is 4.09. The molecular formula is C25H42N4O2. The Balaban J connectivity index is 1.34. The number of benzene rings is 1. The lowest BCUT2D eigenvalue weighted by molar-refractivity contribution is 0.0888. The van der Waals surface area contributed by atoms with Gasteiger partial charge in [0.05, 0.1) is 19.8 Å². The SMILES string of the molecule is CCNC(=NCc1ccc(CN2CCC(C)CC2)cc1)NCCCOCC1CCOC1. The van der Waals surface area contributed by atoms with Crippen LogP contribution in [0.25, 0.3) is 0 Å². The van der Waals surface area contributed by atoms with Gasteiger partial charge in [0, 0.05) is 38.8 Å². The van der Waals surface area contributed by atoms with Crippen LogP contribution >= 0.6 is 0 Å². The lowest BCUT2D eigenvalue weighted by Gasteiger charge is -2.30. The van der Waals surface area contributed by atoms with Gasteiger partial charge in [-0.25, -0.2) is 4.99 Å². The normalized spacial score (nSPS) is 20.8. The molecule has 0 aromatic heterocycles. The molecule has 0 saturated carbocycles. The minimum absolute atomic E-state index is 0.585. The molecule has 174 valence electrons. The van der Waals surface area contributed by atoms with E-state index < -0.39 is 0 Å². The van der Waals surface area contributed by atoms with E-state index >= 15 is 0 Å². The highest BCUT2D eigenvalue weighted by atomic mass is 16.5. The summed E-state index contributed by atoms with van der Waals surface area (Å²) in [6, 6.07) is 8.96. The zero-order valence-electron chi connectivity index (χ0n) is 19.6. The van der Waals surface area contributed by atoms with Gasteiger partial charge in [-0.1, -0.05) is 31.2 Å². The van der Waals surface area contributed by atoms with Crippen LogP contribution in [0.5, 0.6) is 0 Å². The second-order valence-electron chi connectivity index (χ2n) is 9.06. The number of nitrogens with one attached hydrogen (secondary N) is 2. The van der Waals surface area contributed by atoms with Crippen molar-refractivity contribution in [1.29, 1.82) is 0 Å². The predicted octanol–water partition coefficient (Wildman–Crippen LogP) is 3.42. The second kappa shape index (κ2) is 13.7. The first-order chi connectivity index (χ1) is 15.2. The van der Waals surface area contributed by atoms with E-state index in [1.807, 2.05) is 0 Å². The Bertz CT molecular complexity index is 635. The van der Waals surface area contributed by atoms with Crippen molar-refractivity contribution in [3.63, 3.8) is 0 Å². The van der Waals surface area contributed by atoms with Crippen molar-refractivity contribution in [2.45, 2.75) is 52.6 Å². The molecule has 2 aliphatic heterocycles. The summed E-state index contributed by atoms with van der Waals surface area (Å²) in [6.45, 7) is 13.7. The molecule has 0 radical (unpaired) electrons. The molecule has 0 bridgehead atoms. The van der Waals surface area contributed by atoms with Crippen molar-refractivity contribution in [2.24, 2.45) is 16.8 Å². The average Bonchev–Trinajstić information content (AvgIpc) is 3.30. The summed E-state index contributed by atoms with van der Waals surface area (Å²) in [5.74, 6) is 2.34. The van der Waals surface area contributed by atoms with Crippen LogP contribution < -0.4 is 10.6 Å². The molecule has 0 aliphatic carbocycles. The second-order valence-corrected chi connectivity index (χ2v) is 9.06. The maximum atomic E-state index is 5.78. The summed E-state index contributed by atoms with van der Waals surface area (Å²) in [6.07, 6.45) is 4.76. The van der Waals surface area contributed by atoms with Crippen LogP contribution in [0.3, 0.4) is 0 Å². The minimum atomic E-state index is 0.585. The first-order valence-electron chi connectivity index (χ1n) is 12.2. The molecule has 2 N–H and O–H groups in total. The number of guanidine groups is 1. The number of nitrogens with zero attached hydrogens (tertiary/aromatic N) is 2. The molecule has 1 atom stereocenters. The van der Waals surface area contributed by atoms with Gasteiger partial charge in [0.15, 0.2) is 5.96 Å². The molecular weight excluding hydrogens is 388 g/mol. The van der Waals surface area contributed by atoms with Crippen molar-refractivity contribution in [3.05, 3.63) is 35.4 Å². The van der Waals surface area contributed by atoms with Crippen LogP contribution in [0.4, 0.5) is 0 Å². The van der Waals surface area contributed by atoms with Gasteiger partial charge >= 0.3 is 0 Å². The lowest BCUT2D eigenvalue weighted by Crippen LogP contribution is -2.38. The molecule has 1 aromatic carbocycles. The number of piperidine rings is 1. The van der Waals surface area contributed by atoms with Gasteiger partial charge < -0.3 is 20.1 Å². The van der Waals surface area contributed by atoms with Crippen molar-refractivity contribution in [3.8, 4) is 0 Å².